The van der Waals surface area contributed by atoms with E-state index in [1.165, 1.54) is 57.2 Å². The molecule has 0 N–H and O–H groups in total. The Labute approximate surface area is 172 Å². The average Bonchev–Trinajstić information content (AvgIpc) is 3.06. The van der Waals surface area contributed by atoms with Crippen LogP contribution in [0.15, 0.2) is 12.4 Å². The molecule has 1 rings (SSSR count). The van der Waals surface area contributed by atoms with Gasteiger partial charge in [0.15, 0.2) is 0 Å². The van der Waals surface area contributed by atoms with Gasteiger partial charge in [-0.05, 0) is 26.2 Å². The Bertz CT molecular complexity index is 468. The van der Waals surface area contributed by atoms with Crippen LogP contribution in [-0.4, -0.2) is 31.9 Å². The van der Waals surface area contributed by atoms with E-state index in [0.29, 0.717) is 0 Å². The van der Waals surface area contributed by atoms with Gasteiger partial charge in [-0.15, -0.1) is 0 Å². The van der Waals surface area contributed by atoms with Crippen LogP contribution in [0.3, 0.4) is 0 Å². The molecule has 0 aliphatic carbocycles. The molecule has 1 aromatic rings. The predicted molar refractivity (Wildman–Crippen MR) is 105 cm³/mol. The molecule has 0 aromatic carbocycles. The number of aryl methyl sites for hydroxylation is 2. The molecule has 0 amide bonds. The van der Waals surface area contributed by atoms with Crippen molar-refractivity contribution >= 4 is 0 Å². The smallest absolute Gasteiger partial charge is 0.282 e. The number of unbranched alkanes of at least 4 members (excludes halogenated alkanes) is 6. The summed E-state index contributed by atoms with van der Waals surface area (Å²) >= 11 is 0. The normalized spacial score (nSPS) is 11.6. The lowest BCUT2D eigenvalue weighted by molar-refractivity contribution is -0.703. The number of imidazole rings is 1. The highest BCUT2D eigenvalue weighted by Crippen LogP contribution is 2.21. The zero-order chi connectivity index (χ0) is 19.3. The second-order valence-corrected chi connectivity index (χ2v) is 6.96. The average molecular weight is 405 g/mol. The number of hydrogen-bond donors (Lipinski definition) is 0. The Hall–Kier alpha value is -0.620. The Balaban J connectivity index is 0.00000676. The Morgan fingerprint density at radius 1 is 0.889 bits per heavy atom. The molecule has 5 nitrogen and oxygen atoms in total. The molecule has 160 valence electrons. The molecule has 0 fully saturated rings. The van der Waals surface area contributed by atoms with Crippen LogP contribution in [0.5, 0.6) is 0 Å². The van der Waals surface area contributed by atoms with Crippen molar-refractivity contribution in [2.75, 3.05) is 21.3 Å². The standard InChI is InChI=1S/C21H41N2O3.ClH/c1-6-17-23-19-18-22(7-2)20(23)15-13-11-9-8-10-12-14-16-21(24-3,25-4)26-5;/h18-19H,6-17H2,1-5H3;1H/q+1;/p-1. The van der Waals surface area contributed by atoms with E-state index >= 15 is 0 Å². The molecule has 0 aliphatic rings. The van der Waals surface area contributed by atoms with Crippen molar-refractivity contribution in [3.8, 4) is 0 Å². The number of hydrogen-bond acceptors (Lipinski definition) is 3. The summed E-state index contributed by atoms with van der Waals surface area (Å²) in [7, 11) is 4.89. The van der Waals surface area contributed by atoms with E-state index in [4.69, 9.17) is 14.2 Å². The van der Waals surface area contributed by atoms with Gasteiger partial charge in [0.1, 0.15) is 12.4 Å². The molecule has 0 spiro atoms. The molecule has 0 unspecified atom stereocenters. The van der Waals surface area contributed by atoms with Gasteiger partial charge in [-0.25, -0.2) is 9.13 Å². The van der Waals surface area contributed by atoms with Crippen LogP contribution in [0.4, 0.5) is 0 Å². The highest BCUT2D eigenvalue weighted by molar-refractivity contribution is 4.83. The number of ether oxygens (including phenoxy) is 3. The molecule has 6 heteroatoms. The Morgan fingerprint density at radius 2 is 1.44 bits per heavy atom. The summed E-state index contributed by atoms with van der Waals surface area (Å²) in [6.45, 7) is 6.67. The van der Waals surface area contributed by atoms with Crippen LogP contribution in [0.1, 0.15) is 77.5 Å². The van der Waals surface area contributed by atoms with Crippen molar-refractivity contribution in [3.05, 3.63) is 18.2 Å². The third-order valence-electron chi connectivity index (χ3n) is 5.21. The maximum atomic E-state index is 5.33. The SMILES string of the molecule is CCC[n+]1ccn(CC)c1CCCCCCCCCC(OC)(OC)OC.[Cl-]. The van der Waals surface area contributed by atoms with Crippen molar-refractivity contribution in [2.45, 2.75) is 97.1 Å². The van der Waals surface area contributed by atoms with Gasteiger partial charge < -0.3 is 26.6 Å². The second-order valence-electron chi connectivity index (χ2n) is 6.96. The molecule has 1 aromatic heterocycles. The topological polar surface area (TPSA) is 36.5 Å². The summed E-state index contributed by atoms with van der Waals surface area (Å²) in [4.78, 5) is 0. The maximum absolute atomic E-state index is 5.33. The fraction of sp³-hybridized carbons (Fsp3) is 0.857. The first-order valence-electron chi connectivity index (χ1n) is 10.4. The fourth-order valence-electron chi connectivity index (χ4n) is 3.58. The summed E-state index contributed by atoms with van der Waals surface area (Å²) in [6.07, 6.45) is 16.4. The van der Waals surface area contributed by atoms with E-state index in [-0.39, 0.29) is 12.4 Å². The monoisotopic (exact) mass is 404 g/mol. The molecule has 0 bridgehead atoms. The van der Waals surface area contributed by atoms with Crippen molar-refractivity contribution in [3.63, 3.8) is 0 Å². The number of nitrogens with zero attached hydrogens (tertiary/aromatic N) is 2. The molecule has 27 heavy (non-hydrogen) atoms. The van der Waals surface area contributed by atoms with E-state index in [0.717, 1.165) is 25.9 Å². The largest absolute Gasteiger partial charge is 1.00 e. The molecular weight excluding hydrogens is 364 g/mol. The van der Waals surface area contributed by atoms with Crippen LogP contribution in [-0.2, 0) is 33.7 Å². The van der Waals surface area contributed by atoms with Gasteiger partial charge in [-0.2, -0.15) is 0 Å². The number of aromatic nitrogens is 2. The Kier molecular flexibility index (Phi) is 15.0. The van der Waals surface area contributed by atoms with Gasteiger partial charge in [0.25, 0.3) is 11.8 Å². The van der Waals surface area contributed by atoms with Gasteiger partial charge >= 0.3 is 0 Å². The zero-order valence-electron chi connectivity index (χ0n) is 18.1. The summed E-state index contributed by atoms with van der Waals surface area (Å²) in [5.41, 5.74) is 0. The van der Waals surface area contributed by atoms with Gasteiger partial charge in [0, 0.05) is 34.2 Å². The first-order chi connectivity index (χ1) is 12.7. The van der Waals surface area contributed by atoms with E-state index in [1.54, 1.807) is 21.3 Å². The minimum absolute atomic E-state index is 0. The minimum Gasteiger partial charge on any atom is -1.00 e. The van der Waals surface area contributed by atoms with Crippen molar-refractivity contribution in [1.82, 2.24) is 4.57 Å². The van der Waals surface area contributed by atoms with Gasteiger partial charge in [0.05, 0.1) is 13.1 Å². The van der Waals surface area contributed by atoms with Crippen molar-refractivity contribution < 1.29 is 31.2 Å². The number of methoxy groups -OCH3 is 3. The summed E-state index contributed by atoms with van der Waals surface area (Å²) < 4.78 is 20.8. The number of halogens is 1. The lowest BCUT2D eigenvalue weighted by atomic mass is 10.1. The molecule has 0 atom stereocenters. The van der Waals surface area contributed by atoms with Gasteiger partial charge in [-0.1, -0.05) is 39.0 Å². The highest BCUT2D eigenvalue weighted by atomic mass is 35.5. The van der Waals surface area contributed by atoms with E-state index in [1.807, 2.05) is 0 Å². The van der Waals surface area contributed by atoms with Gasteiger partial charge in [-0.3, -0.25) is 0 Å². The lowest BCUT2D eigenvalue weighted by Gasteiger charge is -2.28. The number of rotatable bonds is 16. The molecule has 0 saturated carbocycles. The molecule has 0 radical (unpaired) electrons. The Morgan fingerprint density at radius 3 is 1.96 bits per heavy atom. The van der Waals surface area contributed by atoms with Crippen molar-refractivity contribution in [1.29, 1.82) is 0 Å². The molecule has 0 saturated heterocycles. The zero-order valence-corrected chi connectivity index (χ0v) is 18.9. The van der Waals surface area contributed by atoms with E-state index in [2.05, 4.69) is 35.4 Å². The van der Waals surface area contributed by atoms with Crippen LogP contribution in [0, 0.1) is 0 Å². The molecular formula is C21H41ClN2O3. The third kappa shape index (κ3) is 8.95. The quantitative estimate of drug-likeness (QED) is 0.238. The summed E-state index contributed by atoms with van der Waals surface area (Å²) in [5.74, 6) is 0.631. The van der Waals surface area contributed by atoms with Crippen molar-refractivity contribution in [2.24, 2.45) is 0 Å². The highest BCUT2D eigenvalue weighted by Gasteiger charge is 2.28. The maximum Gasteiger partial charge on any atom is 0.282 e. The van der Waals surface area contributed by atoms with Crippen LogP contribution in [0.25, 0.3) is 0 Å². The lowest BCUT2D eigenvalue weighted by Crippen LogP contribution is -3.00. The first kappa shape index (κ1) is 26.4. The van der Waals surface area contributed by atoms with Gasteiger partial charge in [0.2, 0.25) is 0 Å². The minimum atomic E-state index is -0.859. The first-order valence-corrected chi connectivity index (χ1v) is 10.4. The third-order valence-corrected chi connectivity index (χ3v) is 5.21. The second kappa shape index (κ2) is 15.3. The fourth-order valence-corrected chi connectivity index (χ4v) is 3.58. The molecule has 0 aliphatic heterocycles. The van der Waals surface area contributed by atoms with Crippen LogP contribution >= 0.6 is 0 Å². The summed E-state index contributed by atoms with van der Waals surface area (Å²) in [6, 6.07) is 0. The van der Waals surface area contributed by atoms with Crippen LogP contribution < -0.4 is 17.0 Å². The van der Waals surface area contributed by atoms with Crippen LogP contribution in [0.2, 0.25) is 0 Å². The molecule has 1 heterocycles. The van der Waals surface area contributed by atoms with E-state index < -0.39 is 5.97 Å². The predicted octanol–water partition coefficient (Wildman–Crippen LogP) is 1.47. The van der Waals surface area contributed by atoms with E-state index in [9.17, 15) is 0 Å². The summed E-state index contributed by atoms with van der Waals surface area (Å²) in [5, 5.41) is 0.